The number of nitrogens with one attached hydrogen (secondary N) is 1. The summed E-state index contributed by atoms with van der Waals surface area (Å²) in [6.07, 6.45) is 0. The number of hydrogen-bond acceptors (Lipinski definition) is 3. The van der Waals surface area contributed by atoms with E-state index in [-0.39, 0.29) is 5.56 Å². The van der Waals surface area contributed by atoms with Gasteiger partial charge in [-0.2, -0.15) is 5.26 Å². The van der Waals surface area contributed by atoms with E-state index in [0.717, 1.165) is 5.56 Å². The molecule has 1 rings (SSSR count). The average molecular weight is 330 g/mol. The van der Waals surface area contributed by atoms with Gasteiger partial charge in [0.25, 0.3) is 0 Å². The van der Waals surface area contributed by atoms with E-state index < -0.39 is 17.6 Å². The van der Waals surface area contributed by atoms with Gasteiger partial charge in [0, 0.05) is 17.1 Å². The van der Waals surface area contributed by atoms with Crippen molar-refractivity contribution in [3.05, 3.63) is 32.8 Å². The lowest BCUT2D eigenvalue weighted by Gasteiger charge is -2.09. The van der Waals surface area contributed by atoms with Crippen molar-refractivity contribution in [3.8, 4) is 6.07 Å². The Morgan fingerprint density at radius 2 is 2.11 bits per heavy atom. The Kier molecular flexibility index (Phi) is 4.88. The lowest BCUT2D eigenvalue weighted by Crippen LogP contribution is -2.32. The summed E-state index contributed by atoms with van der Waals surface area (Å²) in [4.78, 5) is 23.4. The number of nitrogens with zero attached hydrogens (tertiary/aromatic N) is 1. The zero-order valence-electron chi connectivity index (χ0n) is 9.75. The van der Waals surface area contributed by atoms with Gasteiger partial charge in [-0.3, -0.25) is 9.59 Å². The number of benzene rings is 1. The smallest absolute Gasteiger partial charge is 0.245 e. The van der Waals surface area contributed by atoms with E-state index in [1.807, 2.05) is 0 Å². The number of Topliss-reactive ketones (excluding diaryl/α,β-unsaturated/α-hetero) is 1. The van der Waals surface area contributed by atoms with Crippen LogP contribution < -0.4 is 5.32 Å². The lowest BCUT2D eigenvalue weighted by molar-refractivity contribution is -0.121. The Bertz CT molecular complexity index is 528. The highest BCUT2D eigenvalue weighted by Gasteiger charge is 2.27. The number of aryl methyl sites for hydroxylation is 1. The van der Waals surface area contributed by atoms with Crippen LogP contribution in [0.1, 0.15) is 15.9 Å². The number of nitriles is 1. The molecule has 1 amide bonds. The fraction of sp³-hybridized carbons (Fsp3) is 0.250. The van der Waals surface area contributed by atoms with Gasteiger partial charge in [0.2, 0.25) is 5.91 Å². The SMILES string of the molecule is CNC(=O)C(C#N)C(=O)c1cc(C)c(Br)c(Cl)c1. The van der Waals surface area contributed by atoms with Gasteiger partial charge in [-0.25, -0.2) is 0 Å². The maximum Gasteiger partial charge on any atom is 0.245 e. The van der Waals surface area contributed by atoms with Crippen LogP contribution >= 0.6 is 27.5 Å². The Hall–Kier alpha value is -1.38. The van der Waals surface area contributed by atoms with Crippen molar-refractivity contribution in [2.24, 2.45) is 5.92 Å². The van der Waals surface area contributed by atoms with Crippen LogP contribution in [-0.4, -0.2) is 18.7 Å². The van der Waals surface area contributed by atoms with Crippen LogP contribution in [0.2, 0.25) is 5.02 Å². The van der Waals surface area contributed by atoms with E-state index in [0.29, 0.717) is 9.50 Å². The lowest BCUT2D eigenvalue weighted by atomic mass is 9.97. The Labute approximate surface area is 118 Å². The Morgan fingerprint density at radius 3 is 2.56 bits per heavy atom. The minimum absolute atomic E-state index is 0.246. The van der Waals surface area contributed by atoms with Gasteiger partial charge in [0.1, 0.15) is 0 Å². The van der Waals surface area contributed by atoms with Crippen LogP contribution in [0.5, 0.6) is 0 Å². The molecular weight excluding hydrogens is 320 g/mol. The summed E-state index contributed by atoms with van der Waals surface area (Å²) in [7, 11) is 1.37. The molecule has 6 heteroatoms. The predicted octanol–water partition coefficient (Wildman–Crippen LogP) is 2.48. The first kappa shape index (κ1) is 14.7. The molecule has 0 aliphatic rings. The van der Waals surface area contributed by atoms with Crippen molar-refractivity contribution in [3.63, 3.8) is 0 Å². The highest BCUT2D eigenvalue weighted by molar-refractivity contribution is 9.10. The number of halogens is 2. The molecule has 0 spiro atoms. The van der Waals surface area contributed by atoms with Crippen molar-refractivity contribution in [1.29, 1.82) is 5.26 Å². The van der Waals surface area contributed by atoms with Crippen molar-refractivity contribution >= 4 is 39.2 Å². The van der Waals surface area contributed by atoms with Crippen molar-refractivity contribution in [2.45, 2.75) is 6.92 Å². The fourth-order valence-electron chi connectivity index (χ4n) is 1.42. The summed E-state index contributed by atoms with van der Waals surface area (Å²) < 4.78 is 0.689. The van der Waals surface area contributed by atoms with E-state index in [1.54, 1.807) is 19.1 Å². The summed E-state index contributed by atoms with van der Waals surface area (Å²) in [5, 5.41) is 11.5. The highest BCUT2D eigenvalue weighted by Crippen LogP contribution is 2.28. The summed E-state index contributed by atoms with van der Waals surface area (Å²) in [5.74, 6) is -2.54. The van der Waals surface area contributed by atoms with Crippen LogP contribution in [0.3, 0.4) is 0 Å². The van der Waals surface area contributed by atoms with Gasteiger partial charge in [-0.1, -0.05) is 11.6 Å². The minimum atomic E-state index is -1.35. The first-order chi connectivity index (χ1) is 8.42. The number of amides is 1. The number of carbonyl (C=O) groups is 2. The molecule has 0 radical (unpaired) electrons. The quantitative estimate of drug-likeness (QED) is 0.684. The molecule has 0 saturated heterocycles. The zero-order valence-corrected chi connectivity index (χ0v) is 12.1. The standard InChI is InChI=1S/C12H10BrClN2O2/c1-6-3-7(4-9(14)10(6)13)11(17)8(5-15)12(18)16-2/h3-4,8H,1-2H3,(H,16,18). The first-order valence-corrected chi connectivity index (χ1v) is 6.20. The molecule has 4 nitrogen and oxygen atoms in total. The molecule has 0 aliphatic carbocycles. The molecule has 0 saturated carbocycles. The number of hydrogen-bond donors (Lipinski definition) is 1. The molecule has 0 fully saturated rings. The molecule has 1 N–H and O–H groups in total. The summed E-state index contributed by atoms with van der Waals surface area (Å²) in [6, 6.07) is 4.72. The maximum absolute atomic E-state index is 12.0. The molecule has 94 valence electrons. The van der Waals surface area contributed by atoms with Crippen molar-refractivity contribution < 1.29 is 9.59 Å². The first-order valence-electron chi connectivity index (χ1n) is 5.03. The molecule has 0 heterocycles. The van der Waals surface area contributed by atoms with Crippen molar-refractivity contribution in [1.82, 2.24) is 5.32 Å². The molecule has 0 aliphatic heterocycles. The molecule has 1 atom stereocenters. The van der Waals surface area contributed by atoms with Gasteiger partial charge in [0.15, 0.2) is 11.7 Å². The third kappa shape index (κ3) is 2.89. The van der Waals surface area contributed by atoms with E-state index in [9.17, 15) is 9.59 Å². The maximum atomic E-state index is 12.0. The average Bonchev–Trinajstić information content (AvgIpc) is 2.35. The summed E-state index contributed by atoms with van der Waals surface area (Å²) in [6.45, 7) is 1.77. The van der Waals surface area contributed by atoms with Crippen LogP contribution in [-0.2, 0) is 4.79 Å². The van der Waals surface area contributed by atoms with Gasteiger partial charge in [-0.15, -0.1) is 0 Å². The number of carbonyl (C=O) groups excluding carboxylic acids is 2. The Balaban J connectivity index is 3.19. The number of rotatable bonds is 3. The second-order valence-electron chi connectivity index (χ2n) is 3.63. The van der Waals surface area contributed by atoms with Crippen LogP contribution in [0.15, 0.2) is 16.6 Å². The molecule has 1 aromatic carbocycles. The van der Waals surface area contributed by atoms with Gasteiger partial charge in [0.05, 0.1) is 11.1 Å². The predicted molar refractivity (Wildman–Crippen MR) is 71.4 cm³/mol. The van der Waals surface area contributed by atoms with Gasteiger partial charge < -0.3 is 5.32 Å². The monoisotopic (exact) mass is 328 g/mol. The van der Waals surface area contributed by atoms with E-state index in [2.05, 4.69) is 21.2 Å². The molecule has 0 aromatic heterocycles. The second kappa shape index (κ2) is 5.98. The van der Waals surface area contributed by atoms with Crippen LogP contribution in [0.4, 0.5) is 0 Å². The summed E-state index contributed by atoms with van der Waals surface area (Å²) in [5.41, 5.74) is 1.01. The summed E-state index contributed by atoms with van der Waals surface area (Å²) >= 11 is 9.21. The minimum Gasteiger partial charge on any atom is -0.358 e. The largest absolute Gasteiger partial charge is 0.358 e. The normalized spacial score (nSPS) is 11.5. The van der Waals surface area contributed by atoms with E-state index in [4.69, 9.17) is 16.9 Å². The molecule has 1 aromatic rings. The molecular formula is C12H10BrClN2O2. The second-order valence-corrected chi connectivity index (χ2v) is 4.83. The third-order valence-corrected chi connectivity index (χ3v) is 3.97. The fourth-order valence-corrected chi connectivity index (χ4v) is 1.91. The molecule has 18 heavy (non-hydrogen) atoms. The van der Waals surface area contributed by atoms with E-state index >= 15 is 0 Å². The number of ketones is 1. The van der Waals surface area contributed by atoms with Crippen molar-refractivity contribution in [2.75, 3.05) is 7.05 Å². The third-order valence-electron chi connectivity index (χ3n) is 2.39. The van der Waals surface area contributed by atoms with E-state index in [1.165, 1.54) is 13.1 Å². The molecule has 1 unspecified atom stereocenters. The molecule has 0 bridgehead atoms. The topological polar surface area (TPSA) is 70.0 Å². The van der Waals surface area contributed by atoms with Gasteiger partial charge >= 0.3 is 0 Å². The Morgan fingerprint density at radius 1 is 1.50 bits per heavy atom. The van der Waals surface area contributed by atoms with Crippen LogP contribution in [0.25, 0.3) is 0 Å². The highest BCUT2D eigenvalue weighted by atomic mass is 79.9. The zero-order chi connectivity index (χ0) is 13.9. The van der Waals surface area contributed by atoms with Gasteiger partial charge in [-0.05, 0) is 40.5 Å². The van der Waals surface area contributed by atoms with Crippen LogP contribution in [0, 0.1) is 24.2 Å².